The van der Waals surface area contributed by atoms with Gasteiger partial charge in [-0.1, -0.05) is 17.7 Å². The molecule has 0 spiro atoms. The predicted octanol–water partition coefficient (Wildman–Crippen LogP) is 3.90. The van der Waals surface area contributed by atoms with Gasteiger partial charge in [0.05, 0.1) is 18.9 Å². The minimum Gasteiger partial charge on any atom is -0.466 e. The topological polar surface area (TPSA) is 101 Å². The normalized spacial score (nSPS) is 23.1. The quantitative estimate of drug-likeness (QED) is 0.558. The molecule has 12 heteroatoms. The molecule has 0 amide bonds. The van der Waals surface area contributed by atoms with E-state index in [1.165, 1.54) is 47.2 Å². The van der Waals surface area contributed by atoms with Crippen molar-refractivity contribution in [1.29, 1.82) is 0 Å². The van der Waals surface area contributed by atoms with Gasteiger partial charge in [0.15, 0.2) is 10.8 Å². The van der Waals surface area contributed by atoms with E-state index in [-0.39, 0.29) is 17.0 Å². The first-order chi connectivity index (χ1) is 16.6. The average molecular weight is 541 g/mol. The molecule has 8 nitrogen and oxygen atoms in total. The van der Waals surface area contributed by atoms with Crippen LogP contribution in [0.4, 0.5) is 4.39 Å². The van der Waals surface area contributed by atoms with Crippen LogP contribution in [0.5, 0.6) is 0 Å². The molecule has 2 heterocycles. The second-order valence-electron chi connectivity index (χ2n) is 8.61. The van der Waals surface area contributed by atoms with E-state index in [1.807, 2.05) is 5.38 Å². The minimum atomic E-state index is -3.30. The number of allylic oxidation sites excluding steroid dienone is 1. The van der Waals surface area contributed by atoms with Crippen LogP contribution in [0.2, 0.25) is 5.02 Å². The minimum absolute atomic E-state index is 0.0690. The molecule has 1 N–H and O–H groups in total. The number of ether oxygens (including phenoxy) is 1. The molecule has 1 atom stereocenters. The molecule has 1 aromatic heterocycles. The van der Waals surface area contributed by atoms with Crippen molar-refractivity contribution < 1.29 is 22.3 Å². The number of aliphatic imine (C=N–C) groups is 1. The number of aromatic nitrogens is 1. The maximum absolute atomic E-state index is 13.8. The zero-order valence-corrected chi connectivity index (χ0v) is 21.9. The Labute approximate surface area is 212 Å². The zero-order chi connectivity index (χ0) is 25.3. The zero-order valence-electron chi connectivity index (χ0n) is 19.5. The van der Waals surface area contributed by atoms with E-state index in [4.69, 9.17) is 21.3 Å². The van der Waals surface area contributed by atoms with Crippen molar-refractivity contribution in [2.45, 2.75) is 37.8 Å². The van der Waals surface area contributed by atoms with E-state index in [0.29, 0.717) is 53.4 Å². The maximum Gasteiger partial charge on any atom is 0.338 e. The number of carbonyl (C=O) groups is 1. The number of esters is 1. The van der Waals surface area contributed by atoms with Crippen molar-refractivity contribution in [2.75, 3.05) is 20.4 Å². The molecule has 1 saturated carbocycles. The first kappa shape index (κ1) is 25.7. The smallest absolute Gasteiger partial charge is 0.338 e. The fourth-order valence-corrected chi connectivity index (χ4v) is 6.23. The third-order valence-electron chi connectivity index (χ3n) is 6.51. The van der Waals surface area contributed by atoms with Gasteiger partial charge in [-0.3, -0.25) is 4.99 Å². The Kier molecular flexibility index (Phi) is 7.60. The van der Waals surface area contributed by atoms with Crippen LogP contribution in [-0.4, -0.2) is 56.0 Å². The molecule has 35 heavy (non-hydrogen) atoms. The Morgan fingerprint density at radius 2 is 2.00 bits per heavy atom. The molecule has 1 aliphatic heterocycles. The summed E-state index contributed by atoms with van der Waals surface area (Å²) in [5, 5.41) is 5.94. The summed E-state index contributed by atoms with van der Waals surface area (Å²) in [7, 11) is -0.409. The number of methoxy groups -OCH3 is 1. The molecule has 0 radical (unpaired) electrons. The van der Waals surface area contributed by atoms with Gasteiger partial charge in [0.25, 0.3) is 0 Å². The van der Waals surface area contributed by atoms with Crippen molar-refractivity contribution >= 4 is 44.8 Å². The number of nitrogens with zero attached hydrogens (tertiary/aromatic N) is 3. The number of hydrogen-bond donors (Lipinski definition) is 1. The Balaban J connectivity index is 1.76. The first-order valence-corrected chi connectivity index (χ1v) is 14.2. The Bertz CT molecular complexity index is 1270. The number of sulfonamides is 1. The van der Waals surface area contributed by atoms with Crippen molar-refractivity contribution in [1.82, 2.24) is 14.6 Å². The summed E-state index contributed by atoms with van der Waals surface area (Å²) in [5.74, 6) is -0.631. The molecule has 1 fully saturated rings. The lowest BCUT2D eigenvalue weighted by Crippen LogP contribution is -2.42. The molecular formula is C23H26ClFN4O4S2. The van der Waals surface area contributed by atoms with Crippen molar-refractivity contribution in [3.8, 4) is 0 Å². The van der Waals surface area contributed by atoms with E-state index in [0.717, 1.165) is 0 Å². The Morgan fingerprint density at radius 3 is 2.57 bits per heavy atom. The van der Waals surface area contributed by atoms with E-state index in [2.05, 4.69) is 10.3 Å². The molecule has 0 bridgehead atoms. The lowest BCUT2D eigenvalue weighted by molar-refractivity contribution is -0.136. The largest absolute Gasteiger partial charge is 0.466 e. The fraction of sp³-hybridized carbons (Fsp3) is 0.435. The first-order valence-electron chi connectivity index (χ1n) is 11.0. The van der Waals surface area contributed by atoms with Crippen LogP contribution >= 0.6 is 22.9 Å². The molecule has 4 rings (SSSR count). The predicted molar refractivity (Wildman–Crippen MR) is 133 cm³/mol. The van der Waals surface area contributed by atoms with E-state index < -0.39 is 27.9 Å². The van der Waals surface area contributed by atoms with Gasteiger partial charge >= 0.3 is 5.97 Å². The number of thiazole rings is 1. The number of benzene rings is 1. The monoisotopic (exact) mass is 540 g/mol. The van der Waals surface area contributed by atoms with Gasteiger partial charge in [0.2, 0.25) is 10.0 Å². The molecule has 1 aromatic carbocycles. The van der Waals surface area contributed by atoms with Gasteiger partial charge in [0, 0.05) is 40.9 Å². The number of amidine groups is 1. The number of hydrogen-bond acceptors (Lipinski definition) is 8. The lowest BCUT2D eigenvalue weighted by Gasteiger charge is -2.37. The van der Waals surface area contributed by atoms with Crippen molar-refractivity contribution in [3.05, 3.63) is 62.5 Å². The number of rotatable bonds is 6. The van der Waals surface area contributed by atoms with Crippen LogP contribution in [0.3, 0.4) is 0 Å². The third kappa shape index (κ3) is 5.42. The van der Waals surface area contributed by atoms with Crippen LogP contribution in [0.1, 0.15) is 42.3 Å². The highest BCUT2D eigenvalue weighted by atomic mass is 35.5. The Morgan fingerprint density at radius 1 is 1.29 bits per heavy atom. The SMILES string of the molecule is COC(=O)C1=C(C2CCC(N(C)S(C)(=O)=O)CC2)NC(c2nccs2)=NC1c1ccc(F)cc1Cl. The summed E-state index contributed by atoms with van der Waals surface area (Å²) in [6.07, 6.45) is 5.45. The highest BCUT2D eigenvalue weighted by Crippen LogP contribution is 2.41. The van der Waals surface area contributed by atoms with Gasteiger partial charge in [-0.05, 0) is 43.7 Å². The number of carbonyl (C=O) groups excluding carboxylic acids is 1. The van der Waals surface area contributed by atoms with Gasteiger partial charge in [-0.15, -0.1) is 11.3 Å². The summed E-state index contributed by atoms with van der Waals surface area (Å²) in [5.41, 5.74) is 1.44. The second-order valence-corrected chi connectivity index (χ2v) is 12.0. The fourth-order valence-electron chi connectivity index (χ4n) is 4.62. The van der Waals surface area contributed by atoms with E-state index >= 15 is 0 Å². The standard InChI is InChI=1S/C23H26ClFN4O4S2/c1-29(35(3,31)32)15-7-4-13(5-8-15)19-18(23(30)33-2)20(16-9-6-14(25)12-17(16)24)28-21(27-19)22-26-10-11-34-22/h6,9-13,15,20H,4-5,7-8H2,1-3H3,(H,27,28). The van der Waals surface area contributed by atoms with Crippen LogP contribution in [-0.2, 0) is 19.6 Å². The van der Waals surface area contributed by atoms with E-state index in [1.54, 1.807) is 13.2 Å². The summed E-state index contributed by atoms with van der Waals surface area (Å²) >= 11 is 7.79. The number of halogens is 2. The molecule has 188 valence electrons. The number of nitrogens with one attached hydrogen (secondary N) is 1. The lowest BCUT2D eigenvalue weighted by atomic mass is 9.80. The van der Waals surface area contributed by atoms with Gasteiger partial charge < -0.3 is 10.1 Å². The van der Waals surface area contributed by atoms with Gasteiger partial charge in [0.1, 0.15) is 11.9 Å². The maximum atomic E-state index is 13.8. The third-order valence-corrected chi connectivity index (χ3v) is 8.97. The van der Waals surface area contributed by atoms with Gasteiger partial charge in [-0.2, -0.15) is 0 Å². The highest BCUT2D eigenvalue weighted by Gasteiger charge is 2.38. The molecule has 0 saturated heterocycles. The van der Waals surface area contributed by atoms with Gasteiger partial charge in [-0.25, -0.2) is 26.9 Å². The molecular weight excluding hydrogens is 515 g/mol. The van der Waals surface area contributed by atoms with Crippen LogP contribution in [0.15, 0.2) is 46.0 Å². The summed E-state index contributed by atoms with van der Waals surface area (Å²) in [4.78, 5) is 22.2. The molecule has 2 aliphatic rings. The summed E-state index contributed by atoms with van der Waals surface area (Å²) in [6.45, 7) is 0. The molecule has 2 aromatic rings. The van der Waals surface area contributed by atoms with Crippen molar-refractivity contribution in [3.63, 3.8) is 0 Å². The van der Waals surface area contributed by atoms with Crippen LogP contribution in [0, 0.1) is 11.7 Å². The average Bonchev–Trinajstić information content (AvgIpc) is 3.37. The highest BCUT2D eigenvalue weighted by molar-refractivity contribution is 7.88. The summed E-state index contributed by atoms with van der Waals surface area (Å²) < 4.78 is 44.4. The van der Waals surface area contributed by atoms with E-state index in [9.17, 15) is 17.6 Å². The van der Waals surface area contributed by atoms with Crippen LogP contribution in [0.25, 0.3) is 0 Å². The summed E-state index contributed by atoms with van der Waals surface area (Å²) in [6, 6.07) is 3.07. The van der Waals surface area contributed by atoms with Crippen LogP contribution < -0.4 is 5.32 Å². The molecule has 1 unspecified atom stereocenters. The van der Waals surface area contributed by atoms with Crippen molar-refractivity contribution in [2.24, 2.45) is 10.9 Å². The molecule has 1 aliphatic carbocycles. The Hall–Kier alpha value is -2.34. The second kappa shape index (κ2) is 10.3.